The van der Waals surface area contributed by atoms with Crippen LogP contribution in [0.4, 0.5) is 5.69 Å². The second-order valence-electron chi connectivity index (χ2n) is 7.93. The van der Waals surface area contributed by atoms with E-state index in [4.69, 9.17) is 4.74 Å². The molecular formula is C27H26N4O4. The predicted octanol–water partition coefficient (Wildman–Crippen LogP) is 4.16. The number of ether oxygens (including phenoxy) is 1. The van der Waals surface area contributed by atoms with Crippen molar-refractivity contribution in [3.63, 3.8) is 0 Å². The number of aliphatic hydroxyl groups excluding tert-OH is 1. The van der Waals surface area contributed by atoms with Gasteiger partial charge in [0.2, 0.25) is 5.91 Å². The number of nitrogens with one attached hydrogen (secondary N) is 3. The molecule has 35 heavy (non-hydrogen) atoms. The van der Waals surface area contributed by atoms with E-state index in [1.54, 1.807) is 12.1 Å². The Morgan fingerprint density at radius 3 is 2.46 bits per heavy atom. The fourth-order valence-corrected chi connectivity index (χ4v) is 3.83. The fraction of sp³-hybridized carbons (Fsp3) is 0.148. The number of fused-ring (bicyclic) bond motifs is 1. The standard InChI is InChI=1S/C27H26N4O4/c1-17(33)28-20-11-8-18(9-12-20)10-14-22-25-23(31-30-22)15-13-21(26(25)35-2)27(34)29-24(16-32)19-6-4-3-5-7-19/h3-15,24,32H,16H2,1-2H3,(H,28,33)(H,29,34)(H,30,31)/t24-/m1/s1. The van der Waals surface area contributed by atoms with Crippen LogP contribution >= 0.6 is 0 Å². The molecule has 0 bridgehead atoms. The number of benzene rings is 3. The van der Waals surface area contributed by atoms with Gasteiger partial charge in [-0.05, 0) is 41.5 Å². The summed E-state index contributed by atoms with van der Waals surface area (Å²) >= 11 is 0. The molecule has 3 aromatic carbocycles. The van der Waals surface area contributed by atoms with Gasteiger partial charge in [0.15, 0.2) is 0 Å². The van der Waals surface area contributed by atoms with Crippen molar-refractivity contribution in [1.29, 1.82) is 0 Å². The maximum atomic E-state index is 13.2. The summed E-state index contributed by atoms with van der Waals surface area (Å²) in [6.07, 6.45) is 3.75. The Balaban J connectivity index is 1.62. The van der Waals surface area contributed by atoms with Crippen molar-refractivity contribution in [3.8, 4) is 5.75 Å². The van der Waals surface area contributed by atoms with Gasteiger partial charge < -0.3 is 20.5 Å². The summed E-state index contributed by atoms with van der Waals surface area (Å²) in [5.41, 5.74) is 4.11. The van der Waals surface area contributed by atoms with Crippen molar-refractivity contribution in [2.75, 3.05) is 19.0 Å². The molecule has 1 atom stereocenters. The summed E-state index contributed by atoms with van der Waals surface area (Å²) in [5.74, 6) is -0.103. The number of aromatic amines is 1. The number of hydrogen-bond donors (Lipinski definition) is 4. The Labute approximate surface area is 202 Å². The lowest BCUT2D eigenvalue weighted by molar-refractivity contribution is -0.114. The highest BCUT2D eigenvalue weighted by molar-refractivity contribution is 6.05. The number of carbonyl (C=O) groups excluding carboxylic acids is 2. The number of hydrogen-bond acceptors (Lipinski definition) is 5. The van der Waals surface area contributed by atoms with Crippen molar-refractivity contribution >= 4 is 40.6 Å². The fourth-order valence-electron chi connectivity index (χ4n) is 3.83. The van der Waals surface area contributed by atoms with Crippen molar-refractivity contribution in [2.24, 2.45) is 0 Å². The van der Waals surface area contributed by atoms with E-state index in [1.165, 1.54) is 14.0 Å². The molecule has 1 aromatic heterocycles. The molecule has 1 heterocycles. The first-order valence-electron chi connectivity index (χ1n) is 11.1. The van der Waals surface area contributed by atoms with Gasteiger partial charge in [-0.25, -0.2) is 0 Å². The first-order chi connectivity index (χ1) is 17.0. The first kappa shape index (κ1) is 23.7. The molecule has 0 unspecified atom stereocenters. The van der Waals surface area contributed by atoms with E-state index in [0.717, 1.165) is 16.8 Å². The van der Waals surface area contributed by atoms with Gasteiger partial charge in [-0.3, -0.25) is 14.7 Å². The minimum atomic E-state index is -0.548. The average molecular weight is 471 g/mol. The number of rotatable bonds is 8. The van der Waals surface area contributed by atoms with Crippen LogP contribution in [0.25, 0.3) is 23.1 Å². The Bertz CT molecular complexity index is 1360. The van der Waals surface area contributed by atoms with Crippen LogP contribution in [-0.4, -0.2) is 40.8 Å². The zero-order chi connectivity index (χ0) is 24.8. The van der Waals surface area contributed by atoms with Crippen LogP contribution in [0.1, 0.15) is 40.1 Å². The monoisotopic (exact) mass is 470 g/mol. The van der Waals surface area contributed by atoms with Crippen LogP contribution in [0.3, 0.4) is 0 Å². The Kier molecular flexibility index (Phi) is 7.23. The zero-order valence-corrected chi connectivity index (χ0v) is 19.4. The van der Waals surface area contributed by atoms with Crippen LogP contribution in [-0.2, 0) is 4.79 Å². The maximum Gasteiger partial charge on any atom is 0.255 e. The smallest absolute Gasteiger partial charge is 0.255 e. The Morgan fingerprint density at radius 2 is 1.80 bits per heavy atom. The molecule has 0 radical (unpaired) electrons. The SMILES string of the molecule is COc1c(C(=O)N[C@H](CO)c2ccccc2)ccc2n[nH]c(C=Cc3ccc(NC(C)=O)cc3)c12. The molecular weight excluding hydrogens is 444 g/mol. The summed E-state index contributed by atoms with van der Waals surface area (Å²) in [4.78, 5) is 24.3. The predicted molar refractivity (Wildman–Crippen MR) is 136 cm³/mol. The van der Waals surface area contributed by atoms with Crippen LogP contribution in [0.5, 0.6) is 5.75 Å². The van der Waals surface area contributed by atoms with Gasteiger partial charge in [0.25, 0.3) is 5.91 Å². The molecule has 4 rings (SSSR count). The number of methoxy groups -OCH3 is 1. The van der Waals surface area contributed by atoms with Gasteiger partial charge in [0, 0.05) is 12.6 Å². The number of anilines is 1. The highest BCUT2D eigenvalue weighted by Crippen LogP contribution is 2.32. The van der Waals surface area contributed by atoms with Crippen LogP contribution in [0.2, 0.25) is 0 Å². The van der Waals surface area contributed by atoms with E-state index in [1.807, 2.05) is 66.7 Å². The third kappa shape index (κ3) is 5.39. The summed E-state index contributed by atoms with van der Waals surface area (Å²) < 4.78 is 5.65. The largest absolute Gasteiger partial charge is 0.495 e. The van der Waals surface area contributed by atoms with E-state index in [2.05, 4.69) is 20.8 Å². The summed E-state index contributed by atoms with van der Waals surface area (Å²) in [6, 6.07) is 19.6. The zero-order valence-electron chi connectivity index (χ0n) is 19.4. The van der Waals surface area contributed by atoms with E-state index in [-0.39, 0.29) is 18.4 Å². The van der Waals surface area contributed by atoms with Crippen LogP contribution in [0, 0.1) is 0 Å². The van der Waals surface area contributed by atoms with E-state index >= 15 is 0 Å². The average Bonchev–Trinajstić information content (AvgIpc) is 3.29. The van der Waals surface area contributed by atoms with E-state index < -0.39 is 6.04 Å². The van der Waals surface area contributed by atoms with Crippen LogP contribution in [0.15, 0.2) is 66.7 Å². The number of amides is 2. The van der Waals surface area contributed by atoms with Crippen molar-refractivity contribution in [3.05, 3.63) is 89.1 Å². The summed E-state index contributed by atoms with van der Waals surface area (Å²) in [7, 11) is 1.51. The van der Waals surface area contributed by atoms with Crippen LogP contribution < -0.4 is 15.4 Å². The van der Waals surface area contributed by atoms with Crippen molar-refractivity contribution in [2.45, 2.75) is 13.0 Å². The second-order valence-corrected chi connectivity index (χ2v) is 7.93. The molecule has 178 valence electrons. The van der Waals surface area contributed by atoms with Gasteiger partial charge in [-0.15, -0.1) is 0 Å². The Hall–Kier alpha value is -4.43. The van der Waals surface area contributed by atoms with Gasteiger partial charge in [0.05, 0.1) is 41.9 Å². The van der Waals surface area contributed by atoms with Gasteiger partial charge in [0.1, 0.15) is 5.75 Å². The summed E-state index contributed by atoms with van der Waals surface area (Å²) in [6.45, 7) is 1.23. The quantitative estimate of drug-likeness (QED) is 0.309. The second kappa shape index (κ2) is 10.7. The van der Waals surface area contributed by atoms with Crippen molar-refractivity contribution < 1.29 is 19.4 Å². The number of aliphatic hydroxyl groups is 1. The molecule has 4 aromatic rings. The summed E-state index contributed by atoms with van der Waals surface area (Å²) in [5, 5.41) is 23.5. The number of H-pyrrole nitrogens is 1. The van der Waals surface area contributed by atoms with Gasteiger partial charge in [-0.1, -0.05) is 48.5 Å². The molecule has 2 amide bonds. The minimum Gasteiger partial charge on any atom is -0.495 e. The lowest BCUT2D eigenvalue weighted by atomic mass is 10.0. The topological polar surface area (TPSA) is 116 Å². The normalized spacial score (nSPS) is 12.0. The molecule has 0 saturated heterocycles. The molecule has 8 nitrogen and oxygen atoms in total. The number of aromatic nitrogens is 2. The van der Waals surface area contributed by atoms with Gasteiger partial charge in [-0.2, -0.15) is 5.10 Å². The third-order valence-corrected chi connectivity index (χ3v) is 5.51. The maximum absolute atomic E-state index is 13.2. The highest BCUT2D eigenvalue weighted by atomic mass is 16.5. The molecule has 0 aliphatic rings. The molecule has 0 aliphatic carbocycles. The molecule has 0 fully saturated rings. The molecule has 0 saturated carbocycles. The van der Waals surface area contributed by atoms with Gasteiger partial charge >= 0.3 is 0 Å². The molecule has 0 aliphatic heterocycles. The first-order valence-corrected chi connectivity index (χ1v) is 11.1. The number of nitrogens with zero attached hydrogens (tertiary/aromatic N) is 1. The third-order valence-electron chi connectivity index (χ3n) is 5.51. The van der Waals surface area contributed by atoms with Crippen molar-refractivity contribution in [1.82, 2.24) is 15.5 Å². The highest BCUT2D eigenvalue weighted by Gasteiger charge is 2.21. The number of carbonyl (C=O) groups is 2. The lowest BCUT2D eigenvalue weighted by Gasteiger charge is -2.18. The lowest BCUT2D eigenvalue weighted by Crippen LogP contribution is -2.31. The minimum absolute atomic E-state index is 0.127. The molecule has 4 N–H and O–H groups in total. The molecule has 0 spiro atoms. The Morgan fingerprint density at radius 1 is 1.06 bits per heavy atom. The van der Waals surface area contributed by atoms with E-state index in [0.29, 0.717) is 27.9 Å². The molecule has 8 heteroatoms. The van der Waals surface area contributed by atoms with E-state index in [9.17, 15) is 14.7 Å².